The third-order valence-corrected chi connectivity index (χ3v) is 7.91. The Kier molecular flexibility index (Phi) is 6.75. The van der Waals surface area contributed by atoms with E-state index in [1.165, 1.54) is 14.0 Å². The monoisotopic (exact) mass is 490 g/mol. The van der Waals surface area contributed by atoms with Crippen LogP contribution in [-0.2, 0) is 21.4 Å². The van der Waals surface area contributed by atoms with Crippen molar-refractivity contribution in [3.63, 3.8) is 0 Å². The molecule has 0 unspecified atom stereocenters. The van der Waals surface area contributed by atoms with Crippen molar-refractivity contribution < 1.29 is 22.7 Å². The highest BCUT2D eigenvalue weighted by atomic mass is 32.2. The normalized spacial score (nSPS) is 15.7. The van der Waals surface area contributed by atoms with Crippen LogP contribution in [0, 0.1) is 0 Å². The Hall–Kier alpha value is -3.91. The van der Waals surface area contributed by atoms with Crippen LogP contribution in [0.4, 0.5) is 0 Å². The van der Waals surface area contributed by atoms with Gasteiger partial charge in [0.15, 0.2) is 0 Å². The van der Waals surface area contributed by atoms with Gasteiger partial charge in [-0.2, -0.15) is 0 Å². The van der Waals surface area contributed by atoms with E-state index in [1.807, 2.05) is 37.3 Å². The van der Waals surface area contributed by atoms with Crippen LogP contribution in [0.2, 0.25) is 0 Å². The Morgan fingerprint density at radius 2 is 1.60 bits per heavy atom. The quantitative estimate of drug-likeness (QED) is 0.533. The average molecular weight is 491 g/mol. The zero-order chi connectivity index (χ0) is 25.2. The summed E-state index contributed by atoms with van der Waals surface area (Å²) in [5.74, 6) is -0.209. The lowest BCUT2D eigenvalue weighted by molar-refractivity contribution is -0.122. The van der Waals surface area contributed by atoms with Gasteiger partial charge in [-0.1, -0.05) is 42.5 Å². The number of hydrogen-bond donors (Lipinski definition) is 1. The maximum absolute atomic E-state index is 13.3. The Morgan fingerprint density at radius 1 is 0.971 bits per heavy atom. The minimum atomic E-state index is -4.03. The van der Waals surface area contributed by atoms with Gasteiger partial charge >= 0.3 is 0 Å². The van der Waals surface area contributed by atoms with Gasteiger partial charge in [0.05, 0.1) is 19.7 Å². The van der Waals surface area contributed by atoms with Gasteiger partial charge in [0, 0.05) is 11.1 Å². The molecule has 4 rings (SSSR count). The van der Waals surface area contributed by atoms with Crippen molar-refractivity contribution in [3.05, 3.63) is 107 Å². The first-order chi connectivity index (χ1) is 16.7. The molecule has 2 amide bonds. The third-order valence-electron chi connectivity index (χ3n) is 5.98. The molecule has 3 aromatic carbocycles. The highest BCUT2D eigenvalue weighted by Crippen LogP contribution is 2.37. The van der Waals surface area contributed by atoms with Gasteiger partial charge in [0.1, 0.15) is 10.7 Å². The zero-order valence-electron chi connectivity index (χ0n) is 19.7. The van der Waals surface area contributed by atoms with Gasteiger partial charge < -0.3 is 10.1 Å². The number of rotatable bonds is 7. The maximum Gasteiger partial charge on any atom is 0.268 e. The van der Waals surface area contributed by atoms with E-state index in [0.29, 0.717) is 22.4 Å². The molecule has 180 valence electrons. The molecule has 1 N–H and O–H groups in total. The van der Waals surface area contributed by atoms with Crippen LogP contribution in [0.1, 0.15) is 46.9 Å². The van der Waals surface area contributed by atoms with Crippen LogP contribution in [0.25, 0.3) is 4.91 Å². The molecule has 0 radical (unpaired) electrons. The summed E-state index contributed by atoms with van der Waals surface area (Å²) < 4.78 is 32.5. The second-order valence-corrected chi connectivity index (χ2v) is 10.1. The second-order valence-electron chi connectivity index (χ2n) is 8.30. The number of nitrogens with zero attached hydrogens (tertiary/aromatic N) is 1. The number of benzene rings is 3. The van der Waals surface area contributed by atoms with Gasteiger partial charge in [-0.05, 0) is 66.9 Å². The van der Waals surface area contributed by atoms with Gasteiger partial charge in [-0.15, -0.1) is 0 Å². The molecule has 0 saturated heterocycles. The first-order valence-corrected chi connectivity index (χ1v) is 12.5. The van der Waals surface area contributed by atoms with E-state index in [1.54, 1.807) is 48.5 Å². The van der Waals surface area contributed by atoms with Crippen molar-refractivity contribution in [1.29, 1.82) is 0 Å². The lowest BCUT2D eigenvalue weighted by Gasteiger charge is -2.17. The van der Waals surface area contributed by atoms with E-state index in [-0.39, 0.29) is 29.0 Å². The van der Waals surface area contributed by atoms with Gasteiger partial charge in [-0.25, -0.2) is 12.7 Å². The number of sulfonamides is 1. The van der Waals surface area contributed by atoms with Gasteiger partial charge in [0.2, 0.25) is 0 Å². The third kappa shape index (κ3) is 4.83. The largest absolute Gasteiger partial charge is 0.497 e. The average Bonchev–Trinajstić information content (AvgIpc) is 3.04. The minimum Gasteiger partial charge on any atom is -0.497 e. The fraction of sp³-hybridized carbons (Fsp3) is 0.185. The number of hydrogen-bond acceptors (Lipinski definition) is 5. The molecule has 0 saturated carbocycles. The predicted octanol–water partition coefficient (Wildman–Crippen LogP) is 4.29. The molecular formula is C27H26N2O5S. The maximum atomic E-state index is 13.3. The lowest BCUT2D eigenvalue weighted by Crippen LogP contribution is -2.31. The fourth-order valence-electron chi connectivity index (χ4n) is 3.99. The van der Waals surface area contributed by atoms with E-state index in [9.17, 15) is 18.0 Å². The van der Waals surface area contributed by atoms with Gasteiger partial charge in [0.25, 0.3) is 21.8 Å². The van der Waals surface area contributed by atoms with Crippen molar-refractivity contribution in [1.82, 2.24) is 9.62 Å². The van der Waals surface area contributed by atoms with E-state index >= 15 is 0 Å². The molecule has 1 heterocycles. The van der Waals surface area contributed by atoms with Crippen LogP contribution in [-0.4, -0.2) is 31.6 Å². The first-order valence-electron chi connectivity index (χ1n) is 11.1. The topological polar surface area (TPSA) is 92.8 Å². The molecule has 1 atom stereocenters. The van der Waals surface area contributed by atoms with Crippen molar-refractivity contribution in [3.8, 4) is 5.75 Å². The van der Waals surface area contributed by atoms with E-state index in [4.69, 9.17) is 4.74 Å². The molecule has 0 aliphatic carbocycles. The highest BCUT2D eigenvalue weighted by Gasteiger charge is 2.42. The van der Waals surface area contributed by atoms with Crippen molar-refractivity contribution in [2.24, 2.45) is 0 Å². The fourth-order valence-corrected chi connectivity index (χ4v) is 5.80. The number of carbonyl (C=O) groups is 2. The second kappa shape index (κ2) is 9.76. The van der Waals surface area contributed by atoms with Crippen LogP contribution >= 0.6 is 0 Å². The summed E-state index contributed by atoms with van der Waals surface area (Å²) in [6, 6.07) is 22.6. The van der Waals surface area contributed by atoms with E-state index < -0.39 is 15.9 Å². The molecule has 35 heavy (non-hydrogen) atoms. The molecule has 0 aromatic heterocycles. The molecule has 1 aliphatic heterocycles. The Labute approximate surface area is 205 Å². The Balaban J connectivity index is 1.48. The van der Waals surface area contributed by atoms with Crippen LogP contribution in [0.15, 0.2) is 84.4 Å². The molecular weight excluding hydrogens is 464 g/mol. The molecule has 7 nitrogen and oxygen atoms in total. The summed E-state index contributed by atoms with van der Waals surface area (Å²) in [6.45, 7) is 3.29. The summed E-state index contributed by atoms with van der Waals surface area (Å²) in [6.07, 6.45) is 0. The molecule has 3 aromatic rings. The predicted molar refractivity (Wildman–Crippen MR) is 134 cm³/mol. The Bertz CT molecular complexity index is 1380. The molecule has 0 spiro atoms. The van der Waals surface area contributed by atoms with E-state index in [2.05, 4.69) is 5.32 Å². The van der Waals surface area contributed by atoms with Crippen LogP contribution < -0.4 is 10.1 Å². The smallest absolute Gasteiger partial charge is 0.268 e. The van der Waals surface area contributed by atoms with Crippen molar-refractivity contribution in [2.75, 3.05) is 7.11 Å². The summed E-state index contributed by atoms with van der Waals surface area (Å²) in [5.41, 5.74) is 2.63. The summed E-state index contributed by atoms with van der Waals surface area (Å²) in [7, 11) is -2.50. The first kappa shape index (κ1) is 24.2. The van der Waals surface area contributed by atoms with E-state index in [0.717, 1.165) is 9.87 Å². The summed E-state index contributed by atoms with van der Waals surface area (Å²) in [4.78, 5) is 25.5. The zero-order valence-corrected chi connectivity index (χ0v) is 20.5. The van der Waals surface area contributed by atoms with Crippen molar-refractivity contribution >= 4 is 26.7 Å². The number of ether oxygens (including phenoxy) is 1. The lowest BCUT2D eigenvalue weighted by atomic mass is 10.1. The number of carbonyl (C=O) groups excluding carboxylic acids is 2. The number of nitrogens with one attached hydrogen (secondary N) is 1. The van der Waals surface area contributed by atoms with Crippen LogP contribution in [0.5, 0.6) is 5.75 Å². The summed E-state index contributed by atoms with van der Waals surface area (Å²) in [5, 5.41) is 2.95. The van der Waals surface area contributed by atoms with Crippen LogP contribution in [0.3, 0.4) is 0 Å². The number of amides is 2. The molecule has 0 bridgehead atoms. The summed E-state index contributed by atoms with van der Waals surface area (Å²) >= 11 is 0. The highest BCUT2D eigenvalue weighted by molar-refractivity contribution is 7.99. The standard InChI is InChI=1S/C27H26N2O5S/c1-18-25(22-13-15-24(34-3)16-14-22)35(32,33)29(27(18)31)17-20-9-11-23(12-10-20)26(30)28-19(2)21-7-5-4-6-8-21/h4-16,19H,17H2,1-3H3,(H,28,30)/t19-/m1/s1. The minimum absolute atomic E-state index is 0.00366. The van der Waals surface area contributed by atoms with Crippen molar-refractivity contribution in [2.45, 2.75) is 26.4 Å². The number of methoxy groups -OCH3 is 1. The molecule has 8 heteroatoms. The molecule has 0 fully saturated rings. The molecule has 1 aliphatic rings. The Morgan fingerprint density at radius 3 is 2.20 bits per heavy atom. The van der Waals surface area contributed by atoms with Gasteiger partial charge in [-0.3, -0.25) is 9.59 Å². The SMILES string of the molecule is COc1ccc(C2=C(C)C(=O)N(Cc3ccc(C(=O)N[C@H](C)c4ccccc4)cc3)S2(=O)=O)cc1.